The Labute approximate surface area is 121 Å². The van der Waals surface area contributed by atoms with Crippen molar-refractivity contribution < 1.29 is 0 Å². The summed E-state index contributed by atoms with van der Waals surface area (Å²) in [5.41, 5.74) is 6.99. The molecule has 114 valence electrons. The van der Waals surface area contributed by atoms with Crippen molar-refractivity contribution in [3.63, 3.8) is 0 Å². The minimum atomic E-state index is 0.242. The SMILES string of the molecule is CC(N)C(N1CCCC(C(C)(C)C)CC1)C(C)(C)C. The van der Waals surface area contributed by atoms with E-state index in [1.54, 1.807) is 0 Å². The van der Waals surface area contributed by atoms with Gasteiger partial charge in [-0.2, -0.15) is 0 Å². The first kappa shape index (κ1) is 17.0. The van der Waals surface area contributed by atoms with Crippen LogP contribution in [-0.4, -0.2) is 30.1 Å². The minimum absolute atomic E-state index is 0.242. The second-order valence-corrected chi connectivity index (χ2v) is 8.70. The normalized spacial score (nSPS) is 26.8. The Kier molecular flexibility index (Phi) is 5.48. The van der Waals surface area contributed by atoms with Gasteiger partial charge in [0, 0.05) is 12.1 Å². The molecule has 0 aromatic heterocycles. The average molecular weight is 268 g/mol. The average Bonchev–Trinajstić information content (AvgIpc) is 2.39. The van der Waals surface area contributed by atoms with E-state index in [1.165, 1.54) is 32.4 Å². The van der Waals surface area contributed by atoms with Gasteiger partial charge in [0.15, 0.2) is 0 Å². The van der Waals surface area contributed by atoms with Gasteiger partial charge in [-0.25, -0.2) is 0 Å². The van der Waals surface area contributed by atoms with Crippen LogP contribution in [0.4, 0.5) is 0 Å². The van der Waals surface area contributed by atoms with Gasteiger partial charge in [0.1, 0.15) is 0 Å². The van der Waals surface area contributed by atoms with Crippen molar-refractivity contribution >= 4 is 0 Å². The first-order valence-corrected chi connectivity index (χ1v) is 8.03. The summed E-state index contributed by atoms with van der Waals surface area (Å²) >= 11 is 0. The maximum absolute atomic E-state index is 6.28. The third-order valence-corrected chi connectivity index (χ3v) is 4.77. The molecule has 2 nitrogen and oxygen atoms in total. The van der Waals surface area contributed by atoms with Crippen LogP contribution in [0.1, 0.15) is 67.7 Å². The molecule has 0 aromatic rings. The molecule has 1 aliphatic heterocycles. The van der Waals surface area contributed by atoms with Crippen molar-refractivity contribution in [1.82, 2.24) is 4.90 Å². The number of hydrogen-bond acceptors (Lipinski definition) is 2. The minimum Gasteiger partial charge on any atom is -0.327 e. The van der Waals surface area contributed by atoms with Crippen LogP contribution in [0.25, 0.3) is 0 Å². The Morgan fingerprint density at radius 1 is 1.00 bits per heavy atom. The van der Waals surface area contributed by atoms with E-state index in [0.29, 0.717) is 11.5 Å². The van der Waals surface area contributed by atoms with Crippen LogP contribution >= 0.6 is 0 Å². The number of likely N-dealkylation sites (tertiary alicyclic amines) is 1. The zero-order valence-corrected chi connectivity index (χ0v) is 14.3. The highest BCUT2D eigenvalue weighted by Gasteiger charge is 2.35. The van der Waals surface area contributed by atoms with Crippen molar-refractivity contribution in [2.24, 2.45) is 22.5 Å². The quantitative estimate of drug-likeness (QED) is 0.823. The zero-order chi connectivity index (χ0) is 14.8. The molecule has 0 aliphatic carbocycles. The molecule has 0 radical (unpaired) electrons. The largest absolute Gasteiger partial charge is 0.327 e. The molecule has 1 aliphatic rings. The molecule has 19 heavy (non-hydrogen) atoms. The lowest BCUT2D eigenvalue weighted by atomic mass is 9.76. The van der Waals surface area contributed by atoms with Gasteiger partial charge in [-0.05, 0) is 56.0 Å². The Hall–Kier alpha value is -0.0800. The van der Waals surface area contributed by atoms with E-state index < -0.39 is 0 Å². The molecular formula is C17H36N2. The molecule has 3 atom stereocenters. The van der Waals surface area contributed by atoms with Crippen LogP contribution < -0.4 is 5.73 Å². The highest BCUT2D eigenvalue weighted by molar-refractivity contribution is 4.91. The molecule has 0 amide bonds. The molecule has 1 fully saturated rings. The Bertz CT molecular complexity index is 270. The summed E-state index contributed by atoms with van der Waals surface area (Å²) in [6.07, 6.45) is 4.01. The molecule has 2 N–H and O–H groups in total. The Morgan fingerprint density at radius 2 is 1.58 bits per heavy atom. The fourth-order valence-corrected chi connectivity index (χ4v) is 3.93. The van der Waals surface area contributed by atoms with Crippen LogP contribution in [0.5, 0.6) is 0 Å². The van der Waals surface area contributed by atoms with Gasteiger partial charge in [0.05, 0.1) is 0 Å². The zero-order valence-electron chi connectivity index (χ0n) is 14.3. The third kappa shape index (κ3) is 4.75. The lowest BCUT2D eigenvalue weighted by Gasteiger charge is -2.42. The van der Waals surface area contributed by atoms with Gasteiger partial charge in [0.2, 0.25) is 0 Å². The molecular weight excluding hydrogens is 232 g/mol. The number of hydrogen-bond donors (Lipinski definition) is 1. The summed E-state index contributed by atoms with van der Waals surface area (Å²) in [6, 6.07) is 0.734. The standard InChI is InChI=1S/C17H36N2/c1-13(18)15(17(5,6)7)19-11-8-9-14(10-12-19)16(2,3)4/h13-15H,8-12,18H2,1-7H3. The predicted octanol–water partition coefficient (Wildman–Crippen LogP) is 3.90. The van der Waals surface area contributed by atoms with Crippen LogP contribution in [0.2, 0.25) is 0 Å². The maximum atomic E-state index is 6.28. The Morgan fingerprint density at radius 3 is 2.00 bits per heavy atom. The van der Waals surface area contributed by atoms with Crippen molar-refractivity contribution in [3.05, 3.63) is 0 Å². The topological polar surface area (TPSA) is 29.3 Å². The van der Waals surface area contributed by atoms with E-state index >= 15 is 0 Å². The van der Waals surface area contributed by atoms with Crippen LogP contribution in [0.3, 0.4) is 0 Å². The van der Waals surface area contributed by atoms with Crippen molar-refractivity contribution in [1.29, 1.82) is 0 Å². The first-order valence-electron chi connectivity index (χ1n) is 8.03. The molecule has 0 aromatic carbocycles. The smallest absolute Gasteiger partial charge is 0.0292 e. The number of nitrogens with zero attached hydrogens (tertiary/aromatic N) is 1. The third-order valence-electron chi connectivity index (χ3n) is 4.77. The van der Waals surface area contributed by atoms with E-state index in [2.05, 4.69) is 53.4 Å². The van der Waals surface area contributed by atoms with Gasteiger partial charge < -0.3 is 5.73 Å². The molecule has 1 saturated heterocycles. The summed E-state index contributed by atoms with van der Waals surface area (Å²) < 4.78 is 0. The van der Waals surface area contributed by atoms with Crippen LogP contribution in [-0.2, 0) is 0 Å². The molecule has 3 unspecified atom stereocenters. The van der Waals surface area contributed by atoms with Crippen LogP contribution in [0.15, 0.2) is 0 Å². The van der Waals surface area contributed by atoms with E-state index in [4.69, 9.17) is 5.73 Å². The fraction of sp³-hybridized carbons (Fsp3) is 1.00. The van der Waals surface area contributed by atoms with E-state index in [1.807, 2.05) is 0 Å². The van der Waals surface area contributed by atoms with Gasteiger partial charge >= 0.3 is 0 Å². The second-order valence-electron chi connectivity index (χ2n) is 8.70. The highest BCUT2D eigenvalue weighted by Crippen LogP contribution is 2.36. The molecule has 0 bridgehead atoms. The van der Waals surface area contributed by atoms with Gasteiger partial charge in [0.25, 0.3) is 0 Å². The molecule has 0 saturated carbocycles. The lowest BCUT2D eigenvalue weighted by Crippen LogP contribution is -2.53. The lowest BCUT2D eigenvalue weighted by molar-refractivity contribution is 0.0817. The number of rotatable bonds is 2. The van der Waals surface area contributed by atoms with Crippen molar-refractivity contribution in [3.8, 4) is 0 Å². The van der Waals surface area contributed by atoms with Gasteiger partial charge in [-0.1, -0.05) is 41.5 Å². The number of nitrogens with two attached hydrogens (primary N) is 1. The van der Waals surface area contributed by atoms with Gasteiger partial charge in [-0.15, -0.1) is 0 Å². The second kappa shape index (κ2) is 6.13. The monoisotopic (exact) mass is 268 g/mol. The molecule has 0 spiro atoms. The van der Waals surface area contributed by atoms with Crippen molar-refractivity contribution in [2.45, 2.75) is 79.8 Å². The molecule has 2 heteroatoms. The van der Waals surface area contributed by atoms with E-state index in [-0.39, 0.29) is 11.5 Å². The first-order chi connectivity index (χ1) is 8.53. The molecule has 1 rings (SSSR count). The summed E-state index contributed by atoms with van der Waals surface area (Å²) in [6.45, 7) is 18.7. The Balaban J connectivity index is 2.75. The van der Waals surface area contributed by atoms with Crippen LogP contribution in [0, 0.1) is 16.7 Å². The summed E-state index contributed by atoms with van der Waals surface area (Å²) in [5.74, 6) is 0.853. The maximum Gasteiger partial charge on any atom is 0.0292 e. The molecule has 1 heterocycles. The summed E-state index contributed by atoms with van der Waals surface area (Å²) in [4.78, 5) is 2.66. The summed E-state index contributed by atoms with van der Waals surface area (Å²) in [5, 5.41) is 0. The van der Waals surface area contributed by atoms with E-state index in [0.717, 1.165) is 5.92 Å². The van der Waals surface area contributed by atoms with Gasteiger partial charge in [-0.3, -0.25) is 4.90 Å². The van der Waals surface area contributed by atoms with Crippen molar-refractivity contribution in [2.75, 3.05) is 13.1 Å². The van der Waals surface area contributed by atoms with E-state index in [9.17, 15) is 0 Å². The summed E-state index contributed by atoms with van der Waals surface area (Å²) in [7, 11) is 0. The highest BCUT2D eigenvalue weighted by atomic mass is 15.2. The fourth-order valence-electron chi connectivity index (χ4n) is 3.93. The predicted molar refractivity (Wildman–Crippen MR) is 85.3 cm³/mol.